The zero-order valence-electron chi connectivity index (χ0n) is 14.7. The van der Waals surface area contributed by atoms with Gasteiger partial charge in [0, 0.05) is 12.6 Å². The molecule has 0 unspecified atom stereocenters. The molecular weight excluding hydrogens is 288 g/mol. The second-order valence-electron chi connectivity index (χ2n) is 6.19. The maximum absolute atomic E-state index is 5.92. The van der Waals surface area contributed by atoms with E-state index in [1.165, 1.54) is 19.3 Å². The fourth-order valence-corrected chi connectivity index (χ4v) is 3.07. The van der Waals surface area contributed by atoms with Crippen LogP contribution in [0.25, 0.3) is 0 Å². The highest BCUT2D eigenvalue weighted by molar-refractivity contribution is 5.31. The highest BCUT2D eigenvalue weighted by Gasteiger charge is 2.19. The van der Waals surface area contributed by atoms with Crippen LogP contribution < -0.4 is 14.8 Å². The van der Waals surface area contributed by atoms with Gasteiger partial charge in [-0.2, -0.15) is 0 Å². The number of nitrogens with zero attached hydrogens (tertiary/aromatic N) is 1. The SMILES string of the molecule is CCCOc1ccc(OCCN(CCC)C2CCNCC2)cc1. The predicted molar refractivity (Wildman–Crippen MR) is 95.5 cm³/mol. The minimum Gasteiger partial charge on any atom is -0.494 e. The maximum Gasteiger partial charge on any atom is 0.119 e. The third-order valence-electron chi connectivity index (χ3n) is 4.28. The van der Waals surface area contributed by atoms with Gasteiger partial charge in [-0.3, -0.25) is 4.90 Å². The first-order valence-corrected chi connectivity index (χ1v) is 9.14. The standard InChI is InChI=1S/C19H32N2O2/c1-3-13-21(17-9-11-20-12-10-17)14-16-23-19-7-5-18(6-8-19)22-15-4-2/h5-8,17,20H,3-4,9-16H2,1-2H3. The summed E-state index contributed by atoms with van der Waals surface area (Å²) >= 11 is 0. The molecule has 0 saturated carbocycles. The Morgan fingerprint density at radius 2 is 1.52 bits per heavy atom. The molecule has 0 aromatic heterocycles. The lowest BCUT2D eigenvalue weighted by Gasteiger charge is -2.34. The highest BCUT2D eigenvalue weighted by atomic mass is 16.5. The van der Waals surface area contributed by atoms with Crippen LogP contribution in [-0.2, 0) is 0 Å². The van der Waals surface area contributed by atoms with Crippen molar-refractivity contribution in [2.45, 2.75) is 45.6 Å². The second-order valence-corrected chi connectivity index (χ2v) is 6.19. The Balaban J connectivity index is 1.74. The van der Waals surface area contributed by atoms with E-state index in [2.05, 4.69) is 24.1 Å². The van der Waals surface area contributed by atoms with Crippen LogP contribution in [0.15, 0.2) is 24.3 Å². The maximum atomic E-state index is 5.92. The zero-order valence-corrected chi connectivity index (χ0v) is 14.7. The molecule has 23 heavy (non-hydrogen) atoms. The van der Waals surface area contributed by atoms with E-state index in [4.69, 9.17) is 9.47 Å². The van der Waals surface area contributed by atoms with Gasteiger partial charge in [0.1, 0.15) is 18.1 Å². The van der Waals surface area contributed by atoms with Gasteiger partial charge in [-0.05, 0) is 69.6 Å². The fraction of sp³-hybridized carbons (Fsp3) is 0.684. The molecule has 0 radical (unpaired) electrons. The fourth-order valence-electron chi connectivity index (χ4n) is 3.07. The van der Waals surface area contributed by atoms with E-state index < -0.39 is 0 Å². The molecule has 0 amide bonds. The summed E-state index contributed by atoms with van der Waals surface area (Å²) in [6.45, 7) is 10.3. The molecule has 1 aromatic rings. The summed E-state index contributed by atoms with van der Waals surface area (Å²) in [7, 11) is 0. The molecule has 4 heteroatoms. The third-order valence-corrected chi connectivity index (χ3v) is 4.28. The lowest BCUT2D eigenvalue weighted by molar-refractivity contribution is 0.135. The van der Waals surface area contributed by atoms with Crippen LogP contribution in [0.4, 0.5) is 0 Å². The van der Waals surface area contributed by atoms with Gasteiger partial charge < -0.3 is 14.8 Å². The number of benzene rings is 1. The van der Waals surface area contributed by atoms with E-state index in [1.54, 1.807) is 0 Å². The molecule has 0 bridgehead atoms. The van der Waals surface area contributed by atoms with Crippen LogP contribution in [0.2, 0.25) is 0 Å². The van der Waals surface area contributed by atoms with Gasteiger partial charge >= 0.3 is 0 Å². The lowest BCUT2D eigenvalue weighted by atomic mass is 10.0. The van der Waals surface area contributed by atoms with Crippen LogP contribution in [0.1, 0.15) is 39.5 Å². The Kier molecular flexibility index (Phi) is 8.26. The second kappa shape index (κ2) is 10.5. The van der Waals surface area contributed by atoms with Crippen LogP contribution in [-0.4, -0.2) is 50.3 Å². The number of ether oxygens (including phenoxy) is 2. The molecule has 1 heterocycles. The van der Waals surface area contributed by atoms with Gasteiger partial charge in [0.2, 0.25) is 0 Å². The minimum absolute atomic E-state index is 0.713. The van der Waals surface area contributed by atoms with Crippen molar-refractivity contribution in [2.75, 3.05) is 39.4 Å². The molecule has 0 aliphatic carbocycles. The average molecular weight is 320 g/mol. The summed E-state index contributed by atoms with van der Waals surface area (Å²) < 4.78 is 11.5. The molecular formula is C19H32N2O2. The van der Waals surface area contributed by atoms with Crippen molar-refractivity contribution in [1.82, 2.24) is 10.2 Å². The Morgan fingerprint density at radius 1 is 0.913 bits per heavy atom. The van der Waals surface area contributed by atoms with Crippen LogP contribution in [0, 0.1) is 0 Å². The summed E-state index contributed by atoms with van der Waals surface area (Å²) in [6, 6.07) is 8.69. The van der Waals surface area contributed by atoms with E-state index in [9.17, 15) is 0 Å². The van der Waals surface area contributed by atoms with Gasteiger partial charge in [0.15, 0.2) is 0 Å². The van der Waals surface area contributed by atoms with Gasteiger partial charge in [0.05, 0.1) is 6.61 Å². The molecule has 4 nitrogen and oxygen atoms in total. The van der Waals surface area contributed by atoms with E-state index in [-0.39, 0.29) is 0 Å². The Labute approximate surface area is 141 Å². The van der Waals surface area contributed by atoms with Gasteiger partial charge in [-0.1, -0.05) is 13.8 Å². The summed E-state index contributed by atoms with van der Waals surface area (Å²) in [5.41, 5.74) is 0. The summed E-state index contributed by atoms with van der Waals surface area (Å²) in [6.07, 6.45) is 4.74. The number of hydrogen-bond donors (Lipinski definition) is 1. The number of rotatable bonds is 10. The number of nitrogens with one attached hydrogen (secondary N) is 1. The van der Waals surface area contributed by atoms with Crippen molar-refractivity contribution in [3.8, 4) is 11.5 Å². The molecule has 130 valence electrons. The van der Waals surface area contributed by atoms with Crippen molar-refractivity contribution in [3.63, 3.8) is 0 Å². The Bertz CT molecular complexity index is 416. The summed E-state index contributed by atoms with van der Waals surface area (Å²) in [5, 5.41) is 3.44. The topological polar surface area (TPSA) is 33.7 Å². The van der Waals surface area contributed by atoms with Crippen molar-refractivity contribution in [3.05, 3.63) is 24.3 Å². The van der Waals surface area contributed by atoms with E-state index in [0.717, 1.165) is 57.3 Å². The van der Waals surface area contributed by atoms with Crippen LogP contribution >= 0.6 is 0 Å². The van der Waals surface area contributed by atoms with E-state index in [0.29, 0.717) is 6.04 Å². The first-order valence-electron chi connectivity index (χ1n) is 9.14. The minimum atomic E-state index is 0.713. The molecule has 1 N–H and O–H groups in total. The Morgan fingerprint density at radius 3 is 2.09 bits per heavy atom. The van der Waals surface area contributed by atoms with Gasteiger partial charge in [-0.25, -0.2) is 0 Å². The normalized spacial score (nSPS) is 15.8. The van der Waals surface area contributed by atoms with E-state index in [1.807, 2.05) is 24.3 Å². The largest absolute Gasteiger partial charge is 0.494 e. The monoisotopic (exact) mass is 320 g/mol. The molecule has 1 aromatic carbocycles. The molecule has 2 rings (SSSR count). The van der Waals surface area contributed by atoms with Crippen molar-refractivity contribution >= 4 is 0 Å². The number of piperidine rings is 1. The lowest BCUT2D eigenvalue weighted by Crippen LogP contribution is -2.45. The van der Waals surface area contributed by atoms with Crippen molar-refractivity contribution in [2.24, 2.45) is 0 Å². The predicted octanol–water partition coefficient (Wildman–Crippen LogP) is 3.32. The first kappa shape index (κ1) is 18.1. The zero-order chi connectivity index (χ0) is 16.3. The average Bonchev–Trinajstić information content (AvgIpc) is 2.61. The smallest absolute Gasteiger partial charge is 0.119 e. The summed E-state index contributed by atoms with van der Waals surface area (Å²) in [4.78, 5) is 2.60. The first-order chi connectivity index (χ1) is 11.3. The molecule has 1 fully saturated rings. The number of hydrogen-bond acceptors (Lipinski definition) is 4. The molecule has 1 aliphatic rings. The van der Waals surface area contributed by atoms with Crippen LogP contribution in [0.5, 0.6) is 11.5 Å². The molecule has 1 saturated heterocycles. The van der Waals surface area contributed by atoms with Gasteiger partial charge in [-0.15, -0.1) is 0 Å². The molecule has 0 atom stereocenters. The van der Waals surface area contributed by atoms with Crippen LogP contribution in [0.3, 0.4) is 0 Å². The highest BCUT2D eigenvalue weighted by Crippen LogP contribution is 2.18. The van der Waals surface area contributed by atoms with Gasteiger partial charge in [0.25, 0.3) is 0 Å². The van der Waals surface area contributed by atoms with E-state index >= 15 is 0 Å². The molecule has 0 spiro atoms. The Hall–Kier alpha value is -1.26. The summed E-state index contributed by atoms with van der Waals surface area (Å²) in [5.74, 6) is 1.84. The van der Waals surface area contributed by atoms with Crippen molar-refractivity contribution in [1.29, 1.82) is 0 Å². The van der Waals surface area contributed by atoms with Crippen molar-refractivity contribution < 1.29 is 9.47 Å². The third kappa shape index (κ3) is 6.40. The quantitative estimate of drug-likeness (QED) is 0.717. The molecule has 1 aliphatic heterocycles.